The molecule has 1 aliphatic rings. The van der Waals surface area contributed by atoms with E-state index in [9.17, 15) is 8.78 Å². The number of halogens is 3. The van der Waals surface area contributed by atoms with Crippen molar-refractivity contribution in [3.8, 4) is 11.6 Å². The van der Waals surface area contributed by atoms with Crippen LogP contribution in [0.2, 0.25) is 0 Å². The van der Waals surface area contributed by atoms with Gasteiger partial charge in [-0.1, -0.05) is 0 Å². The van der Waals surface area contributed by atoms with E-state index in [1.807, 2.05) is 6.07 Å². The van der Waals surface area contributed by atoms with Crippen LogP contribution in [0.15, 0.2) is 36.8 Å². The van der Waals surface area contributed by atoms with E-state index in [0.29, 0.717) is 11.5 Å². The number of fused-ring (bicyclic) bond motifs is 1. The Morgan fingerprint density at radius 2 is 1.82 bits per heavy atom. The summed E-state index contributed by atoms with van der Waals surface area (Å²) in [6, 6.07) is 5.97. The fourth-order valence-corrected chi connectivity index (χ4v) is 3.95. The molecule has 4 aromatic rings. The zero-order valence-corrected chi connectivity index (χ0v) is 18.6. The number of nitrogens with one attached hydrogen (secondary N) is 2. The lowest BCUT2D eigenvalue weighted by molar-refractivity contribution is 0.397. The van der Waals surface area contributed by atoms with Gasteiger partial charge in [0, 0.05) is 50.4 Å². The minimum absolute atomic E-state index is 0.0385. The highest BCUT2D eigenvalue weighted by Crippen LogP contribution is 2.34. The predicted octanol–water partition coefficient (Wildman–Crippen LogP) is 4.03. The molecule has 0 saturated carbocycles. The number of aromatic nitrogens is 4. The maximum atomic E-state index is 15.1. The van der Waals surface area contributed by atoms with Crippen molar-refractivity contribution in [2.24, 2.45) is 7.05 Å². The molecule has 1 aromatic carbocycles. The molecule has 2 N–H and O–H groups in total. The van der Waals surface area contributed by atoms with Crippen LogP contribution in [-0.4, -0.2) is 45.7 Å². The van der Waals surface area contributed by atoms with E-state index < -0.39 is 29.1 Å². The molecule has 0 aliphatic carbocycles. The van der Waals surface area contributed by atoms with Crippen molar-refractivity contribution >= 4 is 28.2 Å². The van der Waals surface area contributed by atoms with Gasteiger partial charge in [-0.15, -0.1) is 0 Å². The van der Waals surface area contributed by atoms with Crippen LogP contribution in [0.25, 0.3) is 10.9 Å². The Hall–Kier alpha value is -3.86. The summed E-state index contributed by atoms with van der Waals surface area (Å²) in [5.41, 5.74) is 1.73. The zero-order valence-electron chi connectivity index (χ0n) is 18.6. The Morgan fingerprint density at radius 1 is 1.03 bits per heavy atom. The number of nitrogens with zero attached hydrogens (tertiary/aromatic N) is 5. The van der Waals surface area contributed by atoms with Gasteiger partial charge in [0.15, 0.2) is 23.2 Å². The third-order valence-electron chi connectivity index (χ3n) is 5.85. The molecule has 1 saturated heterocycles. The summed E-state index contributed by atoms with van der Waals surface area (Å²) in [5.74, 6) is -3.32. The van der Waals surface area contributed by atoms with Gasteiger partial charge in [-0.05, 0) is 25.1 Å². The van der Waals surface area contributed by atoms with Gasteiger partial charge >= 0.3 is 0 Å². The molecule has 5 rings (SSSR count). The van der Waals surface area contributed by atoms with E-state index in [2.05, 4.69) is 30.5 Å². The molecule has 4 heterocycles. The normalized spacial score (nSPS) is 14.0. The van der Waals surface area contributed by atoms with Gasteiger partial charge in [-0.2, -0.15) is 9.37 Å². The molecule has 3 aromatic heterocycles. The van der Waals surface area contributed by atoms with Crippen LogP contribution in [0.1, 0.15) is 5.69 Å². The van der Waals surface area contributed by atoms with Gasteiger partial charge in [0.2, 0.25) is 5.82 Å². The Labute approximate surface area is 193 Å². The lowest BCUT2D eigenvalue weighted by atomic mass is 10.2. The predicted molar refractivity (Wildman–Crippen MR) is 122 cm³/mol. The second kappa shape index (κ2) is 8.82. The smallest absolute Gasteiger partial charge is 0.261 e. The molecule has 34 heavy (non-hydrogen) atoms. The maximum absolute atomic E-state index is 15.1. The first kappa shape index (κ1) is 22.0. The Bertz CT molecular complexity index is 1350. The van der Waals surface area contributed by atoms with Gasteiger partial charge in [0.05, 0.1) is 17.4 Å². The molecule has 8 nitrogen and oxygen atoms in total. The Kier molecular flexibility index (Phi) is 5.70. The number of piperazine rings is 1. The van der Waals surface area contributed by atoms with Crippen LogP contribution in [0, 0.1) is 24.4 Å². The van der Waals surface area contributed by atoms with Gasteiger partial charge in [-0.25, -0.2) is 18.7 Å². The van der Waals surface area contributed by atoms with Crippen LogP contribution in [0.4, 0.5) is 30.5 Å². The number of pyridine rings is 1. The molecule has 0 atom stereocenters. The highest BCUT2D eigenvalue weighted by Gasteiger charge is 2.21. The van der Waals surface area contributed by atoms with Crippen molar-refractivity contribution in [2.45, 2.75) is 6.92 Å². The lowest BCUT2D eigenvalue weighted by Crippen LogP contribution is -2.43. The fraction of sp³-hybridized carbons (Fsp3) is 0.261. The van der Waals surface area contributed by atoms with E-state index in [-0.39, 0.29) is 16.7 Å². The monoisotopic (exact) mass is 469 g/mol. The molecule has 1 fully saturated rings. The summed E-state index contributed by atoms with van der Waals surface area (Å²) in [4.78, 5) is 14.2. The summed E-state index contributed by atoms with van der Waals surface area (Å²) in [6.45, 7) is 5.28. The Morgan fingerprint density at radius 3 is 2.56 bits per heavy atom. The molecule has 0 radical (unpaired) electrons. The van der Waals surface area contributed by atoms with Crippen molar-refractivity contribution in [3.63, 3.8) is 0 Å². The average Bonchev–Trinajstić information content (AvgIpc) is 3.15. The first-order valence-electron chi connectivity index (χ1n) is 10.7. The maximum Gasteiger partial charge on any atom is 0.261 e. The van der Waals surface area contributed by atoms with Crippen LogP contribution in [-0.2, 0) is 7.05 Å². The average molecular weight is 469 g/mol. The van der Waals surface area contributed by atoms with Crippen molar-refractivity contribution in [1.29, 1.82) is 0 Å². The van der Waals surface area contributed by atoms with Crippen molar-refractivity contribution in [2.75, 3.05) is 36.4 Å². The van der Waals surface area contributed by atoms with E-state index in [4.69, 9.17) is 4.74 Å². The molecule has 11 heteroatoms. The fourth-order valence-electron chi connectivity index (χ4n) is 3.95. The summed E-state index contributed by atoms with van der Waals surface area (Å²) in [7, 11) is 1.63. The van der Waals surface area contributed by atoms with E-state index in [1.54, 1.807) is 26.2 Å². The number of aryl methyl sites for hydroxylation is 2. The van der Waals surface area contributed by atoms with Gasteiger partial charge in [0.25, 0.3) is 5.88 Å². The number of benzene rings is 1. The minimum Gasteiger partial charge on any atom is -0.433 e. The topological polar surface area (TPSA) is 80.1 Å². The second-order valence-corrected chi connectivity index (χ2v) is 7.98. The third kappa shape index (κ3) is 3.98. The lowest BCUT2D eigenvalue weighted by Gasteiger charge is -2.29. The van der Waals surface area contributed by atoms with Crippen molar-refractivity contribution in [3.05, 3.63) is 59.9 Å². The highest BCUT2D eigenvalue weighted by molar-refractivity contribution is 5.84. The quantitative estimate of drug-likeness (QED) is 0.457. The Balaban J connectivity index is 1.38. The molecule has 176 valence electrons. The van der Waals surface area contributed by atoms with Gasteiger partial charge < -0.3 is 24.8 Å². The number of hydrogen-bond acceptors (Lipinski definition) is 7. The molecule has 0 unspecified atom stereocenters. The standard InChI is InChI=1S/C23H22F3N7O/c1-13-9-15-19(25)17(10-16(24)21(15)32(13)2)34-23-20(26)22(29-12-30-23)31-18-4-3-14(11-28-18)33-7-5-27-6-8-33/h3-4,9-12,27H,5-8H2,1-2H3,(H,28,29,30,31). The van der Waals surface area contributed by atoms with Gasteiger partial charge in [0.1, 0.15) is 12.1 Å². The molecule has 0 bridgehead atoms. The molecule has 1 aliphatic heterocycles. The first-order valence-corrected chi connectivity index (χ1v) is 10.7. The number of ether oxygens (including phenoxy) is 1. The molecule has 0 amide bonds. The highest BCUT2D eigenvalue weighted by atomic mass is 19.1. The third-order valence-corrected chi connectivity index (χ3v) is 5.85. The molecular weight excluding hydrogens is 447 g/mol. The van der Waals surface area contributed by atoms with E-state index in [1.165, 1.54) is 10.6 Å². The molecular formula is C23H22F3N7O. The largest absolute Gasteiger partial charge is 0.433 e. The first-order chi connectivity index (χ1) is 16.4. The van der Waals surface area contributed by atoms with Crippen LogP contribution in [0.3, 0.4) is 0 Å². The van der Waals surface area contributed by atoms with Crippen LogP contribution in [0.5, 0.6) is 11.6 Å². The zero-order chi connectivity index (χ0) is 23.8. The summed E-state index contributed by atoms with van der Waals surface area (Å²) in [6.07, 6.45) is 2.76. The minimum atomic E-state index is -0.959. The summed E-state index contributed by atoms with van der Waals surface area (Å²) in [5, 5.41) is 6.10. The van der Waals surface area contributed by atoms with Gasteiger partial charge in [-0.3, -0.25) is 0 Å². The van der Waals surface area contributed by atoms with E-state index >= 15 is 4.39 Å². The second-order valence-electron chi connectivity index (χ2n) is 7.98. The number of anilines is 3. The van der Waals surface area contributed by atoms with E-state index in [0.717, 1.165) is 44.3 Å². The van der Waals surface area contributed by atoms with Crippen LogP contribution < -0.4 is 20.3 Å². The summed E-state index contributed by atoms with van der Waals surface area (Å²) < 4.78 is 51.5. The van der Waals surface area contributed by atoms with Crippen LogP contribution >= 0.6 is 0 Å². The SMILES string of the molecule is Cc1cc2c(F)c(Oc3ncnc(Nc4ccc(N5CCNCC5)cn4)c3F)cc(F)c2n1C. The number of rotatable bonds is 5. The molecule has 0 spiro atoms. The van der Waals surface area contributed by atoms with Crippen molar-refractivity contribution in [1.82, 2.24) is 24.8 Å². The number of hydrogen-bond donors (Lipinski definition) is 2. The van der Waals surface area contributed by atoms with Crippen molar-refractivity contribution < 1.29 is 17.9 Å². The summed E-state index contributed by atoms with van der Waals surface area (Å²) >= 11 is 0.